The topological polar surface area (TPSA) is 61.4 Å². The molecule has 6 heteroatoms. The van der Waals surface area contributed by atoms with Gasteiger partial charge in [-0.15, -0.1) is 0 Å². The maximum Gasteiger partial charge on any atom is 0.317 e. The standard InChI is InChI=1S/C14H23N5O/c1-3-12(4-2)17-14(20)19-10-8-18(9-11-19)13-15-6-5-7-16-13/h5-7,12H,3-4,8-11H2,1-2H3,(H,17,20). The number of hydrogen-bond acceptors (Lipinski definition) is 4. The number of urea groups is 1. The lowest BCUT2D eigenvalue weighted by Gasteiger charge is -2.35. The molecular formula is C14H23N5O. The summed E-state index contributed by atoms with van der Waals surface area (Å²) < 4.78 is 0. The zero-order chi connectivity index (χ0) is 14.4. The van der Waals surface area contributed by atoms with Gasteiger partial charge >= 0.3 is 6.03 Å². The van der Waals surface area contributed by atoms with Gasteiger partial charge in [-0.25, -0.2) is 14.8 Å². The molecule has 0 atom stereocenters. The van der Waals surface area contributed by atoms with Gasteiger partial charge in [0, 0.05) is 44.6 Å². The molecule has 1 aromatic heterocycles. The van der Waals surface area contributed by atoms with Crippen molar-refractivity contribution in [2.24, 2.45) is 0 Å². The van der Waals surface area contributed by atoms with Crippen LogP contribution in [0.25, 0.3) is 0 Å². The summed E-state index contributed by atoms with van der Waals surface area (Å²) in [5.74, 6) is 0.743. The Kier molecular flexibility index (Phi) is 5.15. The number of rotatable bonds is 4. The van der Waals surface area contributed by atoms with Crippen LogP contribution in [-0.4, -0.2) is 53.1 Å². The summed E-state index contributed by atoms with van der Waals surface area (Å²) in [5.41, 5.74) is 0. The maximum absolute atomic E-state index is 12.1. The van der Waals surface area contributed by atoms with E-state index in [0.717, 1.165) is 31.9 Å². The minimum absolute atomic E-state index is 0.0485. The Morgan fingerprint density at radius 1 is 1.20 bits per heavy atom. The van der Waals surface area contributed by atoms with E-state index in [1.807, 2.05) is 11.0 Å². The maximum atomic E-state index is 12.1. The van der Waals surface area contributed by atoms with Crippen molar-refractivity contribution in [2.45, 2.75) is 32.7 Å². The van der Waals surface area contributed by atoms with Crippen LogP contribution in [0.1, 0.15) is 26.7 Å². The van der Waals surface area contributed by atoms with Crippen LogP contribution in [0.3, 0.4) is 0 Å². The van der Waals surface area contributed by atoms with E-state index in [9.17, 15) is 4.79 Å². The second kappa shape index (κ2) is 7.07. The third-order valence-electron chi connectivity index (χ3n) is 3.72. The highest BCUT2D eigenvalue weighted by molar-refractivity contribution is 5.74. The van der Waals surface area contributed by atoms with Crippen LogP contribution >= 0.6 is 0 Å². The lowest BCUT2D eigenvalue weighted by molar-refractivity contribution is 0.189. The largest absolute Gasteiger partial charge is 0.337 e. The summed E-state index contributed by atoms with van der Waals surface area (Å²) in [6, 6.07) is 2.13. The van der Waals surface area contributed by atoms with Crippen LogP contribution in [0, 0.1) is 0 Å². The molecule has 1 aliphatic rings. The van der Waals surface area contributed by atoms with Gasteiger partial charge in [0.1, 0.15) is 0 Å². The van der Waals surface area contributed by atoms with Gasteiger partial charge < -0.3 is 15.1 Å². The molecule has 2 heterocycles. The molecule has 110 valence electrons. The molecule has 0 unspecified atom stereocenters. The fourth-order valence-electron chi connectivity index (χ4n) is 2.32. The van der Waals surface area contributed by atoms with Gasteiger partial charge in [-0.3, -0.25) is 0 Å². The summed E-state index contributed by atoms with van der Waals surface area (Å²) in [4.78, 5) is 24.6. The molecule has 1 aliphatic heterocycles. The van der Waals surface area contributed by atoms with Gasteiger partial charge in [0.05, 0.1) is 0 Å². The molecule has 2 rings (SSSR count). The Balaban J connectivity index is 1.83. The SMILES string of the molecule is CCC(CC)NC(=O)N1CCN(c2ncccn2)CC1. The fourth-order valence-corrected chi connectivity index (χ4v) is 2.32. The molecule has 1 aromatic rings. The van der Waals surface area contributed by atoms with Crippen LogP contribution in [0.5, 0.6) is 0 Å². The first kappa shape index (κ1) is 14.6. The summed E-state index contributed by atoms with van der Waals surface area (Å²) in [6.45, 7) is 7.17. The molecule has 0 spiro atoms. The van der Waals surface area contributed by atoms with Gasteiger partial charge in [0.25, 0.3) is 0 Å². The lowest BCUT2D eigenvalue weighted by Crippen LogP contribution is -2.53. The van der Waals surface area contributed by atoms with E-state index < -0.39 is 0 Å². The van der Waals surface area contributed by atoms with Gasteiger partial charge in [0.15, 0.2) is 0 Å². The summed E-state index contributed by atoms with van der Waals surface area (Å²) >= 11 is 0. The first-order valence-corrected chi connectivity index (χ1v) is 7.32. The van der Waals surface area contributed by atoms with Gasteiger partial charge in [-0.1, -0.05) is 13.8 Å². The second-order valence-electron chi connectivity index (χ2n) is 4.99. The second-order valence-corrected chi connectivity index (χ2v) is 4.99. The Morgan fingerprint density at radius 3 is 2.35 bits per heavy atom. The predicted octanol–water partition coefficient (Wildman–Crippen LogP) is 1.50. The lowest BCUT2D eigenvalue weighted by atomic mass is 10.2. The van der Waals surface area contributed by atoms with Crippen LogP contribution in [0.15, 0.2) is 18.5 Å². The van der Waals surface area contributed by atoms with Crippen molar-refractivity contribution in [2.75, 3.05) is 31.1 Å². The van der Waals surface area contributed by atoms with Crippen molar-refractivity contribution in [3.8, 4) is 0 Å². The Hall–Kier alpha value is -1.85. The van der Waals surface area contributed by atoms with Gasteiger partial charge in [0.2, 0.25) is 5.95 Å². The number of aromatic nitrogens is 2. The Labute approximate surface area is 120 Å². The smallest absolute Gasteiger partial charge is 0.317 e. The average Bonchev–Trinajstić information content (AvgIpc) is 2.53. The molecule has 20 heavy (non-hydrogen) atoms. The van der Waals surface area contributed by atoms with E-state index in [1.165, 1.54) is 0 Å². The molecule has 2 amide bonds. The van der Waals surface area contributed by atoms with Crippen LogP contribution in [-0.2, 0) is 0 Å². The number of hydrogen-bond donors (Lipinski definition) is 1. The van der Waals surface area contributed by atoms with E-state index in [2.05, 4.69) is 34.0 Å². The normalized spacial score (nSPS) is 15.6. The molecule has 1 saturated heterocycles. The first-order valence-electron chi connectivity index (χ1n) is 7.32. The summed E-state index contributed by atoms with van der Waals surface area (Å²) in [6.07, 6.45) is 5.43. The average molecular weight is 277 g/mol. The zero-order valence-corrected chi connectivity index (χ0v) is 12.2. The highest BCUT2D eigenvalue weighted by Crippen LogP contribution is 2.10. The monoisotopic (exact) mass is 277 g/mol. The minimum atomic E-state index is 0.0485. The van der Waals surface area contributed by atoms with E-state index in [-0.39, 0.29) is 12.1 Å². The third kappa shape index (κ3) is 3.59. The summed E-state index contributed by atoms with van der Waals surface area (Å²) in [5, 5.41) is 3.08. The van der Waals surface area contributed by atoms with E-state index in [1.54, 1.807) is 12.4 Å². The van der Waals surface area contributed by atoms with Crippen molar-refractivity contribution in [1.29, 1.82) is 0 Å². The molecule has 0 aromatic carbocycles. The molecule has 0 bridgehead atoms. The van der Waals surface area contributed by atoms with E-state index in [4.69, 9.17) is 0 Å². The van der Waals surface area contributed by atoms with Crippen molar-refractivity contribution in [3.05, 3.63) is 18.5 Å². The Morgan fingerprint density at radius 2 is 1.80 bits per heavy atom. The van der Waals surface area contributed by atoms with Crippen molar-refractivity contribution < 1.29 is 4.79 Å². The van der Waals surface area contributed by atoms with Crippen LogP contribution in [0.4, 0.5) is 10.7 Å². The Bertz CT molecular complexity index is 413. The van der Waals surface area contributed by atoms with E-state index >= 15 is 0 Å². The molecule has 1 N–H and O–H groups in total. The number of nitrogens with one attached hydrogen (secondary N) is 1. The highest BCUT2D eigenvalue weighted by Gasteiger charge is 2.23. The third-order valence-corrected chi connectivity index (χ3v) is 3.72. The van der Waals surface area contributed by atoms with Crippen molar-refractivity contribution in [1.82, 2.24) is 20.2 Å². The molecule has 0 saturated carbocycles. The predicted molar refractivity (Wildman–Crippen MR) is 78.7 cm³/mol. The van der Waals surface area contributed by atoms with Crippen molar-refractivity contribution >= 4 is 12.0 Å². The number of nitrogens with zero attached hydrogens (tertiary/aromatic N) is 4. The molecule has 0 radical (unpaired) electrons. The zero-order valence-electron chi connectivity index (χ0n) is 12.2. The number of carbonyl (C=O) groups excluding carboxylic acids is 1. The fraction of sp³-hybridized carbons (Fsp3) is 0.643. The molecule has 6 nitrogen and oxygen atoms in total. The van der Waals surface area contributed by atoms with Crippen LogP contribution in [0.2, 0.25) is 0 Å². The number of piperazine rings is 1. The number of anilines is 1. The molecular weight excluding hydrogens is 254 g/mol. The summed E-state index contributed by atoms with van der Waals surface area (Å²) in [7, 11) is 0. The quantitative estimate of drug-likeness (QED) is 0.906. The molecule has 1 fully saturated rings. The minimum Gasteiger partial charge on any atom is -0.337 e. The van der Waals surface area contributed by atoms with Gasteiger partial charge in [-0.05, 0) is 18.9 Å². The molecule has 0 aliphatic carbocycles. The van der Waals surface area contributed by atoms with Crippen molar-refractivity contribution in [3.63, 3.8) is 0 Å². The number of carbonyl (C=O) groups is 1. The highest BCUT2D eigenvalue weighted by atomic mass is 16.2. The first-order chi connectivity index (χ1) is 9.74. The van der Waals surface area contributed by atoms with Gasteiger partial charge in [-0.2, -0.15) is 0 Å². The van der Waals surface area contributed by atoms with E-state index in [0.29, 0.717) is 13.1 Å². The number of amides is 2. The van der Waals surface area contributed by atoms with Crippen LogP contribution < -0.4 is 10.2 Å².